The SMILES string of the molecule is CN1CCC(CNC(c2ccccc2)c2ccco2)CC1. The van der Waals surface area contributed by atoms with Crippen LogP contribution in [0.15, 0.2) is 53.1 Å². The van der Waals surface area contributed by atoms with Gasteiger partial charge in [0.05, 0.1) is 12.3 Å². The summed E-state index contributed by atoms with van der Waals surface area (Å²) in [6, 6.07) is 14.7. The summed E-state index contributed by atoms with van der Waals surface area (Å²) in [7, 11) is 2.21. The summed E-state index contributed by atoms with van der Waals surface area (Å²) >= 11 is 0. The molecule has 0 spiro atoms. The summed E-state index contributed by atoms with van der Waals surface area (Å²) in [5, 5.41) is 3.71. The molecule has 1 aliphatic heterocycles. The molecule has 2 aromatic rings. The summed E-state index contributed by atoms with van der Waals surface area (Å²) in [5.41, 5.74) is 1.26. The number of furan rings is 1. The zero-order valence-electron chi connectivity index (χ0n) is 12.7. The van der Waals surface area contributed by atoms with E-state index in [-0.39, 0.29) is 6.04 Å². The van der Waals surface area contributed by atoms with E-state index < -0.39 is 0 Å². The Labute approximate surface area is 127 Å². The van der Waals surface area contributed by atoms with Crippen LogP contribution in [0.25, 0.3) is 0 Å². The molecule has 1 aliphatic rings. The van der Waals surface area contributed by atoms with E-state index >= 15 is 0 Å². The highest BCUT2D eigenvalue weighted by atomic mass is 16.3. The predicted octanol–water partition coefficient (Wildman–Crippen LogP) is 3.30. The van der Waals surface area contributed by atoms with Gasteiger partial charge in [0, 0.05) is 0 Å². The lowest BCUT2D eigenvalue weighted by molar-refractivity contribution is 0.213. The minimum atomic E-state index is 0.154. The molecule has 0 aliphatic carbocycles. The van der Waals surface area contributed by atoms with Gasteiger partial charge < -0.3 is 14.6 Å². The molecule has 0 amide bonds. The van der Waals surface area contributed by atoms with E-state index in [0.29, 0.717) is 0 Å². The summed E-state index contributed by atoms with van der Waals surface area (Å²) < 4.78 is 5.64. The van der Waals surface area contributed by atoms with Crippen molar-refractivity contribution in [3.8, 4) is 0 Å². The third-order valence-corrected chi connectivity index (χ3v) is 4.41. The number of likely N-dealkylation sites (tertiary alicyclic amines) is 1. The normalized spacial score (nSPS) is 18.7. The molecule has 1 unspecified atom stereocenters. The third kappa shape index (κ3) is 3.74. The van der Waals surface area contributed by atoms with E-state index in [4.69, 9.17) is 4.42 Å². The van der Waals surface area contributed by atoms with E-state index in [2.05, 4.69) is 53.7 Å². The largest absolute Gasteiger partial charge is 0.467 e. The quantitative estimate of drug-likeness (QED) is 0.913. The molecule has 1 N–H and O–H groups in total. The lowest BCUT2D eigenvalue weighted by Crippen LogP contribution is -2.36. The van der Waals surface area contributed by atoms with Gasteiger partial charge in [-0.3, -0.25) is 0 Å². The van der Waals surface area contributed by atoms with Crippen LogP contribution in [-0.2, 0) is 0 Å². The molecule has 0 bridgehead atoms. The molecule has 0 saturated carbocycles. The number of hydrogen-bond acceptors (Lipinski definition) is 3. The van der Waals surface area contributed by atoms with Crippen molar-refractivity contribution in [3.63, 3.8) is 0 Å². The second-order valence-corrected chi connectivity index (χ2v) is 6.01. The summed E-state index contributed by atoms with van der Waals surface area (Å²) in [5.74, 6) is 1.76. The van der Waals surface area contributed by atoms with Crippen LogP contribution in [0.1, 0.15) is 30.2 Å². The van der Waals surface area contributed by atoms with Gasteiger partial charge in [-0.15, -0.1) is 0 Å². The summed E-state index contributed by atoms with van der Waals surface area (Å²) in [6.45, 7) is 3.47. The maximum atomic E-state index is 5.64. The molecule has 112 valence electrons. The standard InChI is InChI=1S/C18H24N2O/c1-20-11-9-15(10-12-20)14-19-18(17-8-5-13-21-17)16-6-3-2-4-7-16/h2-8,13,15,18-19H,9-12,14H2,1H3. The van der Waals surface area contributed by atoms with Gasteiger partial charge >= 0.3 is 0 Å². The second-order valence-electron chi connectivity index (χ2n) is 6.01. The van der Waals surface area contributed by atoms with Gasteiger partial charge in [-0.05, 0) is 63.1 Å². The first-order valence-electron chi connectivity index (χ1n) is 7.83. The number of benzene rings is 1. The van der Waals surface area contributed by atoms with Gasteiger partial charge in [0.15, 0.2) is 0 Å². The van der Waals surface area contributed by atoms with Crippen molar-refractivity contribution >= 4 is 0 Å². The first-order valence-corrected chi connectivity index (χ1v) is 7.83. The zero-order valence-corrected chi connectivity index (χ0v) is 12.7. The Kier molecular flexibility index (Phi) is 4.73. The zero-order chi connectivity index (χ0) is 14.5. The van der Waals surface area contributed by atoms with E-state index in [1.165, 1.54) is 31.5 Å². The van der Waals surface area contributed by atoms with Crippen molar-refractivity contribution in [2.45, 2.75) is 18.9 Å². The van der Waals surface area contributed by atoms with Crippen molar-refractivity contribution in [3.05, 3.63) is 60.1 Å². The average Bonchev–Trinajstić information content (AvgIpc) is 3.05. The van der Waals surface area contributed by atoms with Gasteiger partial charge in [-0.1, -0.05) is 30.3 Å². The van der Waals surface area contributed by atoms with Crippen LogP contribution in [0, 0.1) is 5.92 Å². The number of piperidine rings is 1. The lowest BCUT2D eigenvalue weighted by Gasteiger charge is -2.30. The molecule has 1 aromatic carbocycles. The Hall–Kier alpha value is -1.58. The van der Waals surface area contributed by atoms with Gasteiger partial charge in [-0.2, -0.15) is 0 Å². The summed E-state index contributed by atoms with van der Waals surface area (Å²) in [4.78, 5) is 2.41. The van der Waals surface area contributed by atoms with Gasteiger partial charge in [-0.25, -0.2) is 0 Å². The monoisotopic (exact) mass is 284 g/mol. The highest BCUT2D eigenvalue weighted by molar-refractivity contribution is 5.26. The Balaban J connectivity index is 1.66. The molecule has 1 atom stereocenters. The van der Waals surface area contributed by atoms with Crippen LogP contribution in [-0.4, -0.2) is 31.6 Å². The summed E-state index contributed by atoms with van der Waals surface area (Å²) in [6.07, 6.45) is 4.31. The van der Waals surface area contributed by atoms with Crippen LogP contribution in [0.3, 0.4) is 0 Å². The van der Waals surface area contributed by atoms with E-state index in [1.54, 1.807) is 6.26 Å². The number of nitrogens with zero attached hydrogens (tertiary/aromatic N) is 1. The molecule has 1 saturated heterocycles. The molecule has 21 heavy (non-hydrogen) atoms. The van der Waals surface area contributed by atoms with Crippen LogP contribution in [0.4, 0.5) is 0 Å². The maximum absolute atomic E-state index is 5.64. The molecule has 1 aromatic heterocycles. The fourth-order valence-electron chi connectivity index (χ4n) is 3.03. The van der Waals surface area contributed by atoms with E-state index in [1.807, 2.05) is 6.07 Å². The molecule has 3 rings (SSSR count). The Morgan fingerprint density at radius 1 is 1.14 bits per heavy atom. The van der Waals surface area contributed by atoms with E-state index in [0.717, 1.165) is 18.2 Å². The van der Waals surface area contributed by atoms with E-state index in [9.17, 15) is 0 Å². The Bertz CT molecular complexity index is 515. The average molecular weight is 284 g/mol. The van der Waals surface area contributed by atoms with Crippen LogP contribution in [0.5, 0.6) is 0 Å². The van der Waals surface area contributed by atoms with Gasteiger partial charge in [0.25, 0.3) is 0 Å². The molecular weight excluding hydrogens is 260 g/mol. The van der Waals surface area contributed by atoms with Crippen LogP contribution in [0.2, 0.25) is 0 Å². The molecular formula is C18H24N2O. The second kappa shape index (κ2) is 6.92. The third-order valence-electron chi connectivity index (χ3n) is 4.41. The molecule has 2 heterocycles. The minimum absolute atomic E-state index is 0.154. The van der Waals surface area contributed by atoms with Crippen molar-refractivity contribution in [2.75, 3.05) is 26.7 Å². The fourth-order valence-corrected chi connectivity index (χ4v) is 3.03. The number of nitrogens with one attached hydrogen (secondary N) is 1. The van der Waals surface area contributed by atoms with Crippen molar-refractivity contribution in [2.24, 2.45) is 5.92 Å². The molecule has 0 radical (unpaired) electrons. The number of rotatable bonds is 5. The predicted molar refractivity (Wildman–Crippen MR) is 85.2 cm³/mol. The molecule has 3 nitrogen and oxygen atoms in total. The van der Waals surface area contributed by atoms with Crippen molar-refractivity contribution < 1.29 is 4.42 Å². The highest BCUT2D eigenvalue weighted by Crippen LogP contribution is 2.24. The maximum Gasteiger partial charge on any atom is 0.125 e. The smallest absolute Gasteiger partial charge is 0.125 e. The van der Waals surface area contributed by atoms with Crippen molar-refractivity contribution in [1.29, 1.82) is 0 Å². The Morgan fingerprint density at radius 2 is 1.90 bits per heavy atom. The van der Waals surface area contributed by atoms with Crippen LogP contribution < -0.4 is 5.32 Å². The first kappa shape index (κ1) is 14.4. The highest BCUT2D eigenvalue weighted by Gasteiger charge is 2.20. The van der Waals surface area contributed by atoms with Gasteiger partial charge in [0.1, 0.15) is 5.76 Å². The first-order chi connectivity index (χ1) is 10.3. The topological polar surface area (TPSA) is 28.4 Å². The lowest BCUT2D eigenvalue weighted by atomic mass is 9.96. The molecule has 3 heteroatoms. The van der Waals surface area contributed by atoms with Crippen LogP contribution >= 0.6 is 0 Å². The molecule has 1 fully saturated rings. The number of hydrogen-bond donors (Lipinski definition) is 1. The Morgan fingerprint density at radius 3 is 2.57 bits per heavy atom. The van der Waals surface area contributed by atoms with Gasteiger partial charge in [0.2, 0.25) is 0 Å². The fraction of sp³-hybridized carbons (Fsp3) is 0.444. The van der Waals surface area contributed by atoms with Crippen molar-refractivity contribution in [1.82, 2.24) is 10.2 Å². The minimum Gasteiger partial charge on any atom is -0.467 e.